The van der Waals surface area contributed by atoms with Crippen LogP contribution in [0.2, 0.25) is 0 Å². The highest BCUT2D eigenvalue weighted by molar-refractivity contribution is 8.02. The molecular weight excluding hydrogens is 400 g/mol. The van der Waals surface area contributed by atoms with E-state index in [4.69, 9.17) is 17.3 Å². The Kier molecular flexibility index (Phi) is 6.37. The molecule has 136 valence electrons. The number of nitrogens with zero attached hydrogens (tertiary/aromatic N) is 1. The molecule has 26 heavy (non-hydrogen) atoms. The van der Waals surface area contributed by atoms with Gasteiger partial charge in [-0.05, 0) is 30.5 Å². The van der Waals surface area contributed by atoms with Gasteiger partial charge in [-0.2, -0.15) is 0 Å². The normalized spacial score (nSPS) is 11.9. The second-order valence-corrected chi connectivity index (χ2v) is 8.97. The van der Waals surface area contributed by atoms with Gasteiger partial charge in [0, 0.05) is 49.5 Å². The summed E-state index contributed by atoms with van der Waals surface area (Å²) in [5.41, 5.74) is 3.44. The first kappa shape index (κ1) is 19.4. The Labute approximate surface area is 171 Å². The molecule has 0 radical (unpaired) electrons. The fourth-order valence-corrected chi connectivity index (χ4v) is 5.96. The Morgan fingerprint density at radius 1 is 1.35 bits per heavy atom. The third kappa shape index (κ3) is 3.97. The predicted molar refractivity (Wildman–Crippen MR) is 125 cm³/mol. The SMILES string of the molecule is C=C(NC=S)/C(=C/c1cc2sc3cc(N(C)CCO)ccc3c2s1)SC. The fraction of sp³-hybridized carbons (Fsp3) is 0.211. The number of aliphatic hydroxyl groups excluding tert-OH is 1. The lowest BCUT2D eigenvalue weighted by Crippen LogP contribution is -2.20. The van der Waals surface area contributed by atoms with Gasteiger partial charge in [0.1, 0.15) is 0 Å². The molecule has 2 aromatic heterocycles. The largest absolute Gasteiger partial charge is 0.395 e. The van der Waals surface area contributed by atoms with Gasteiger partial charge in [0.2, 0.25) is 0 Å². The number of hydrogen-bond acceptors (Lipinski definition) is 6. The Morgan fingerprint density at radius 3 is 2.85 bits per heavy atom. The smallest absolute Gasteiger partial charge is 0.0659 e. The number of fused-ring (bicyclic) bond motifs is 3. The Hall–Kier alpha value is -1.38. The minimum absolute atomic E-state index is 0.158. The van der Waals surface area contributed by atoms with Crippen LogP contribution in [0.4, 0.5) is 5.69 Å². The summed E-state index contributed by atoms with van der Waals surface area (Å²) >= 11 is 10.1. The van der Waals surface area contributed by atoms with Crippen LogP contribution in [-0.4, -0.2) is 37.1 Å². The van der Waals surface area contributed by atoms with Crippen molar-refractivity contribution < 1.29 is 5.11 Å². The molecule has 0 fully saturated rings. The summed E-state index contributed by atoms with van der Waals surface area (Å²) in [5.74, 6) is 0. The van der Waals surface area contributed by atoms with Crippen LogP contribution in [0, 0.1) is 0 Å². The number of anilines is 1. The zero-order valence-corrected chi connectivity index (χ0v) is 17.9. The zero-order valence-electron chi connectivity index (χ0n) is 14.6. The van der Waals surface area contributed by atoms with E-state index in [0.29, 0.717) is 6.54 Å². The van der Waals surface area contributed by atoms with E-state index in [1.54, 1.807) is 23.1 Å². The molecule has 0 aliphatic carbocycles. The summed E-state index contributed by atoms with van der Waals surface area (Å²) in [6.07, 6.45) is 4.20. The van der Waals surface area contributed by atoms with Crippen LogP contribution >= 0.6 is 46.7 Å². The quantitative estimate of drug-likeness (QED) is 0.381. The van der Waals surface area contributed by atoms with Gasteiger partial charge >= 0.3 is 0 Å². The molecule has 0 saturated carbocycles. The van der Waals surface area contributed by atoms with Crippen molar-refractivity contribution in [1.82, 2.24) is 5.32 Å². The van der Waals surface area contributed by atoms with Crippen molar-refractivity contribution in [2.75, 3.05) is 31.4 Å². The van der Waals surface area contributed by atoms with Crippen LogP contribution in [0.5, 0.6) is 0 Å². The summed E-state index contributed by atoms with van der Waals surface area (Å²) in [5, 5.41) is 13.4. The summed E-state index contributed by atoms with van der Waals surface area (Å²) in [6, 6.07) is 8.75. The summed E-state index contributed by atoms with van der Waals surface area (Å²) in [4.78, 5) is 4.37. The first-order chi connectivity index (χ1) is 12.6. The third-order valence-electron chi connectivity index (χ3n) is 4.05. The van der Waals surface area contributed by atoms with E-state index in [0.717, 1.165) is 16.3 Å². The molecule has 1 aromatic carbocycles. The van der Waals surface area contributed by atoms with Gasteiger partial charge in [0.25, 0.3) is 0 Å². The molecule has 7 heteroatoms. The number of benzene rings is 1. The number of nitrogens with one attached hydrogen (secondary N) is 1. The Balaban J connectivity index is 1.97. The van der Waals surface area contributed by atoms with Crippen molar-refractivity contribution in [3.8, 4) is 0 Å². The predicted octanol–water partition coefficient (Wildman–Crippen LogP) is 5.31. The second kappa shape index (κ2) is 8.54. The van der Waals surface area contributed by atoms with Crippen LogP contribution in [0.3, 0.4) is 0 Å². The van der Waals surface area contributed by atoms with E-state index in [1.807, 2.05) is 24.6 Å². The van der Waals surface area contributed by atoms with Gasteiger partial charge in [-0.1, -0.05) is 24.9 Å². The van der Waals surface area contributed by atoms with Crippen LogP contribution in [-0.2, 0) is 0 Å². The molecular formula is C19H20N2OS4. The van der Waals surface area contributed by atoms with E-state index >= 15 is 0 Å². The average Bonchev–Trinajstić information content (AvgIpc) is 3.16. The van der Waals surface area contributed by atoms with Gasteiger partial charge in [0.05, 0.1) is 16.8 Å². The number of hydrogen-bond donors (Lipinski definition) is 2. The van der Waals surface area contributed by atoms with Crippen molar-refractivity contribution in [2.45, 2.75) is 0 Å². The number of likely N-dealkylation sites (N-methyl/N-ethyl adjacent to an activating group) is 1. The first-order valence-corrected chi connectivity index (χ1v) is 11.3. The number of thiocarbonyl (C=S) groups is 1. The van der Waals surface area contributed by atoms with E-state index in [9.17, 15) is 0 Å². The van der Waals surface area contributed by atoms with Crippen LogP contribution in [0.25, 0.3) is 25.6 Å². The van der Waals surface area contributed by atoms with Crippen molar-refractivity contribution in [3.05, 3.63) is 46.3 Å². The first-order valence-electron chi connectivity index (χ1n) is 8.00. The summed E-state index contributed by atoms with van der Waals surface area (Å²) < 4.78 is 3.90. The maximum atomic E-state index is 9.13. The molecule has 0 saturated heterocycles. The molecule has 2 heterocycles. The lowest BCUT2D eigenvalue weighted by atomic mass is 10.2. The van der Waals surface area contributed by atoms with Crippen molar-refractivity contribution in [1.29, 1.82) is 0 Å². The van der Waals surface area contributed by atoms with Crippen LogP contribution in [0.15, 0.2) is 41.4 Å². The van der Waals surface area contributed by atoms with Gasteiger partial charge in [-0.3, -0.25) is 0 Å². The van der Waals surface area contributed by atoms with Crippen LogP contribution < -0.4 is 10.2 Å². The second-order valence-electron chi connectivity index (χ2n) is 5.72. The average molecular weight is 421 g/mol. The highest BCUT2D eigenvalue weighted by Crippen LogP contribution is 2.41. The van der Waals surface area contributed by atoms with Gasteiger partial charge in [-0.15, -0.1) is 34.4 Å². The zero-order chi connectivity index (χ0) is 18.7. The number of thiophene rings is 2. The number of rotatable bonds is 8. The molecule has 0 unspecified atom stereocenters. The van der Waals surface area contributed by atoms with E-state index in [1.165, 1.54) is 29.9 Å². The minimum atomic E-state index is 0.158. The molecule has 2 N–H and O–H groups in total. The fourth-order valence-electron chi connectivity index (χ4n) is 2.69. The molecule has 3 rings (SSSR count). The Morgan fingerprint density at radius 2 is 2.15 bits per heavy atom. The van der Waals surface area contributed by atoms with Gasteiger partial charge in [0.15, 0.2) is 0 Å². The highest BCUT2D eigenvalue weighted by atomic mass is 32.2. The number of thioether (sulfide) groups is 1. The topological polar surface area (TPSA) is 35.5 Å². The molecule has 0 bridgehead atoms. The van der Waals surface area contributed by atoms with Gasteiger partial charge in [-0.25, -0.2) is 0 Å². The van der Waals surface area contributed by atoms with Gasteiger partial charge < -0.3 is 15.3 Å². The molecule has 0 aliphatic rings. The standard InChI is InChI=1S/C19H20N2OS4/c1-12(20-11-23)16(24-3)9-14-10-18-19(25-14)15-5-4-13(8-17(15)26-18)21(2)6-7-22/h4-5,8-11,22H,1,6-7H2,2-3H3,(H,20,23)/b16-9-. The molecule has 3 aromatic rings. The van der Waals surface area contributed by atoms with E-state index in [2.05, 4.69) is 47.1 Å². The molecule has 0 spiro atoms. The maximum absolute atomic E-state index is 9.13. The number of aliphatic hydroxyl groups is 1. The van der Waals surface area contributed by atoms with E-state index < -0.39 is 0 Å². The maximum Gasteiger partial charge on any atom is 0.0659 e. The molecule has 0 amide bonds. The summed E-state index contributed by atoms with van der Waals surface area (Å²) in [7, 11) is 2.00. The third-order valence-corrected chi connectivity index (χ3v) is 7.31. The lowest BCUT2D eigenvalue weighted by Gasteiger charge is -2.17. The van der Waals surface area contributed by atoms with Crippen LogP contribution in [0.1, 0.15) is 4.88 Å². The monoisotopic (exact) mass is 420 g/mol. The van der Waals surface area contributed by atoms with Crippen molar-refractivity contribution in [2.24, 2.45) is 0 Å². The summed E-state index contributed by atoms with van der Waals surface area (Å²) in [6.45, 7) is 4.83. The van der Waals surface area contributed by atoms with Crippen molar-refractivity contribution >= 4 is 83.4 Å². The lowest BCUT2D eigenvalue weighted by molar-refractivity contribution is 0.304. The highest BCUT2D eigenvalue weighted by Gasteiger charge is 2.11. The van der Waals surface area contributed by atoms with E-state index in [-0.39, 0.29) is 6.61 Å². The molecule has 0 atom stereocenters. The van der Waals surface area contributed by atoms with Crippen molar-refractivity contribution in [3.63, 3.8) is 0 Å². The molecule has 0 aliphatic heterocycles. The Bertz CT molecular complexity index is 986. The minimum Gasteiger partial charge on any atom is -0.395 e. The molecule has 3 nitrogen and oxygen atoms in total.